The summed E-state index contributed by atoms with van der Waals surface area (Å²) in [6.07, 6.45) is -0.923. The number of carbonyl (C=O) groups excluding carboxylic acids is 1. The van der Waals surface area contributed by atoms with Crippen molar-refractivity contribution in [2.24, 2.45) is 0 Å². The van der Waals surface area contributed by atoms with Crippen molar-refractivity contribution in [3.63, 3.8) is 0 Å². The van der Waals surface area contributed by atoms with Crippen molar-refractivity contribution < 1.29 is 23.4 Å². The number of aryl methyl sites for hydroxylation is 1. The van der Waals surface area contributed by atoms with Crippen LogP contribution in [0.3, 0.4) is 0 Å². The van der Waals surface area contributed by atoms with Crippen molar-refractivity contribution in [2.45, 2.75) is 18.9 Å². The average molecular weight is 316 g/mol. The van der Waals surface area contributed by atoms with Crippen molar-refractivity contribution in [3.8, 4) is 11.5 Å². The first-order valence-electron chi connectivity index (χ1n) is 7.08. The molecule has 0 N–H and O–H groups in total. The van der Waals surface area contributed by atoms with Gasteiger partial charge in [-0.25, -0.2) is 9.59 Å². The van der Waals surface area contributed by atoms with Gasteiger partial charge in [0.25, 0.3) is 0 Å². The van der Waals surface area contributed by atoms with Gasteiger partial charge in [0.2, 0.25) is 6.10 Å². The lowest BCUT2D eigenvalue weighted by Gasteiger charge is -2.17. The van der Waals surface area contributed by atoms with E-state index in [0.29, 0.717) is 22.8 Å². The molecule has 2 heterocycles. The normalized spacial score (nSPS) is 18.9. The highest BCUT2D eigenvalue weighted by Gasteiger charge is 2.43. The van der Waals surface area contributed by atoms with Gasteiger partial charge in [-0.05, 0) is 24.6 Å². The summed E-state index contributed by atoms with van der Waals surface area (Å²) in [4.78, 5) is 24.4. The Morgan fingerprint density at radius 1 is 1.17 bits per heavy atom. The van der Waals surface area contributed by atoms with Crippen LogP contribution < -0.4 is 15.1 Å². The lowest BCUT2D eigenvalue weighted by Crippen LogP contribution is -2.31. The number of rotatable bonds is 3. The summed E-state index contributed by atoms with van der Waals surface area (Å²) in [7, 11) is 2.85. The lowest BCUT2D eigenvalue weighted by atomic mass is 9.89. The molecule has 120 valence electrons. The van der Waals surface area contributed by atoms with E-state index in [1.165, 1.54) is 7.11 Å². The second-order valence-corrected chi connectivity index (χ2v) is 5.23. The van der Waals surface area contributed by atoms with E-state index in [4.69, 9.17) is 18.6 Å². The molecular weight excluding hydrogens is 300 g/mol. The number of methoxy groups -OCH3 is 2. The molecule has 1 aliphatic rings. The molecule has 0 aliphatic carbocycles. The first kappa shape index (κ1) is 15.1. The van der Waals surface area contributed by atoms with Crippen LogP contribution in [0.5, 0.6) is 11.5 Å². The van der Waals surface area contributed by atoms with Crippen LogP contribution in [0.15, 0.2) is 39.5 Å². The molecule has 1 aromatic heterocycles. The Morgan fingerprint density at radius 3 is 2.48 bits per heavy atom. The Hall–Kier alpha value is -2.76. The highest BCUT2D eigenvalue weighted by molar-refractivity contribution is 5.79. The summed E-state index contributed by atoms with van der Waals surface area (Å²) in [6, 6.07) is 8.71. The molecule has 0 radical (unpaired) electrons. The van der Waals surface area contributed by atoms with Crippen LogP contribution in [0.4, 0.5) is 0 Å². The molecule has 2 atom stereocenters. The summed E-state index contributed by atoms with van der Waals surface area (Å²) in [5.41, 5.74) is 0.569. The molecular formula is C17H16O6. The second-order valence-electron chi connectivity index (χ2n) is 5.23. The van der Waals surface area contributed by atoms with E-state index in [1.54, 1.807) is 44.4 Å². The summed E-state index contributed by atoms with van der Waals surface area (Å²) < 4.78 is 20.8. The third kappa shape index (κ3) is 2.56. The van der Waals surface area contributed by atoms with Gasteiger partial charge in [-0.3, -0.25) is 0 Å². The van der Waals surface area contributed by atoms with Crippen LogP contribution in [-0.2, 0) is 9.53 Å². The quantitative estimate of drug-likeness (QED) is 0.807. The lowest BCUT2D eigenvalue weighted by molar-refractivity contribution is -0.148. The first-order valence-corrected chi connectivity index (χ1v) is 7.08. The largest absolute Gasteiger partial charge is 0.497 e. The smallest absolute Gasteiger partial charge is 0.348 e. The number of fused-ring (bicyclic) bond motifs is 1. The molecule has 0 saturated heterocycles. The molecule has 0 fully saturated rings. The van der Waals surface area contributed by atoms with Crippen molar-refractivity contribution in [2.75, 3.05) is 14.2 Å². The molecule has 2 aromatic rings. The Bertz CT molecular complexity index is 790. The second kappa shape index (κ2) is 5.79. The van der Waals surface area contributed by atoms with E-state index in [2.05, 4.69) is 0 Å². The predicted octanol–water partition coefficient (Wildman–Crippen LogP) is 2.02. The highest BCUT2D eigenvalue weighted by Crippen LogP contribution is 2.41. The predicted molar refractivity (Wildman–Crippen MR) is 81.0 cm³/mol. The number of ether oxygens (including phenoxy) is 3. The van der Waals surface area contributed by atoms with Gasteiger partial charge in [-0.1, -0.05) is 12.1 Å². The maximum Gasteiger partial charge on any atom is 0.348 e. The fourth-order valence-electron chi connectivity index (χ4n) is 2.78. The third-order valence-corrected chi connectivity index (χ3v) is 3.85. The fraction of sp³-hybridized carbons (Fsp3) is 0.294. The van der Waals surface area contributed by atoms with E-state index in [-0.39, 0.29) is 0 Å². The minimum atomic E-state index is -0.923. The summed E-state index contributed by atoms with van der Waals surface area (Å²) in [5.74, 6) is 0.334. The van der Waals surface area contributed by atoms with E-state index < -0.39 is 23.6 Å². The van der Waals surface area contributed by atoms with Gasteiger partial charge in [-0.15, -0.1) is 0 Å². The van der Waals surface area contributed by atoms with Crippen LogP contribution >= 0.6 is 0 Å². The molecule has 0 spiro atoms. The Kier molecular flexibility index (Phi) is 3.82. The zero-order chi connectivity index (χ0) is 16.6. The molecule has 0 saturated carbocycles. The Labute approximate surface area is 132 Å². The molecule has 0 unspecified atom stereocenters. The van der Waals surface area contributed by atoms with Gasteiger partial charge in [-0.2, -0.15) is 0 Å². The molecule has 0 amide bonds. The minimum absolute atomic E-state index is 0.330. The zero-order valence-corrected chi connectivity index (χ0v) is 13.0. The highest BCUT2D eigenvalue weighted by atomic mass is 16.6. The number of carbonyl (C=O) groups is 1. The standard InChI is InChI=1S/C17H16O6/c1-9-8-12-14(16(18)22-9)13(15(23-12)17(19)21-3)10-4-6-11(20-2)7-5-10/h4-8,13,15H,1-3H3/t13-,15-/m1/s1. The molecule has 23 heavy (non-hydrogen) atoms. The van der Waals surface area contributed by atoms with Crippen molar-refractivity contribution in [1.82, 2.24) is 0 Å². The molecule has 3 rings (SSSR count). The SMILES string of the molecule is COC(=O)[C@@H]1Oc2cc(C)oc(=O)c2[C@H]1c1ccc(OC)cc1. The molecule has 1 aromatic carbocycles. The van der Waals surface area contributed by atoms with Crippen molar-refractivity contribution in [1.29, 1.82) is 0 Å². The van der Waals surface area contributed by atoms with Crippen LogP contribution in [0.25, 0.3) is 0 Å². The fourth-order valence-corrected chi connectivity index (χ4v) is 2.78. The average Bonchev–Trinajstić information content (AvgIpc) is 2.93. The number of hydrogen-bond donors (Lipinski definition) is 0. The topological polar surface area (TPSA) is 75.0 Å². The zero-order valence-electron chi connectivity index (χ0n) is 13.0. The van der Waals surface area contributed by atoms with Gasteiger partial charge >= 0.3 is 11.6 Å². The van der Waals surface area contributed by atoms with E-state index in [1.807, 2.05) is 0 Å². The van der Waals surface area contributed by atoms with Gasteiger partial charge in [0.05, 0.1) is 25.7 Å². The Morgan fingerprint density at radius 2 is 1.87 bits per heavy atom. The van der Waals surface area contributed by atoms with Crippen molar-refractivity contribution >= 4 is 5.97 Å². The maximum atomic E-state index is 12.3. The number of hydrogen-bond acceptors (Lipinski definition) is 6. The summed E-state index contributed by atoms with van der Waals surface area (Å²) in [5, 5.41) is 0. The van der Waals surface area contributed by atoms with Crippen LogP contribution in [0, 0.1) is 6.92 Å². The van der Waals surface area contributed by atoms with Crippen molar-refractivity contribution in [3.05, 3.63) is 57.6 Å². The number of benzene rings is 1. The minimum Gasteiger partial charge on any atom is -0.497 e. The van der Waals surface area contributed by atoms with Crippen LogP contribution in [-0.4, -0.2) is 26.3 Å². The Balaban J connectivity index is 2.13. The van der Waals surface area contributed by atoms with Gasteiger partial charge in [0, 0.05) is 6.07 Å². The van der Waals surface area contributed by atoms with E-state index in [9.17, 15) is 9.59 Å². The summed E-state index contributed by atoms with van der Waals surface area (Å²) in [6.45, 7) is 1.65. The van der Waals surface area contributed by atoms with Crippen LogP contribution in [0.1, 0.15) is 22.8 Å². The molecule has 6 nitrogen and oxygen atoms in total. The number of esters is 1. The summed E-state index contributed by atoms with van der Waals surface area (Å²) >= 11 is 0. The van der Waals surface area contributed by atoms with E-state index in [0.717, 1.165) is 5.56 Å². The third-order valence-electron chi connectivity index (χ3n) is 3.85. The van der Waals surface area contributed by atoms with Gasteiger partial charge in [0.1, 0.15) is 17.3 Å². The van der Waals surface area contributed by atoms with Gasteiger partial charge in [0.15, 0.2) is 0 Å². The molecule has 6 heteroatoms. The maximum absolute atomic E-state index is 12.3. The first-order chi connectivity index (χ1) is 11.0. The van der Waals surface area contributed by atoms with E-state index >= 15 is 0 Å². The monoisotopic (exact) mass is 316 g/mol. The van der Waals surface area contributed by atoms with Gasteiger partial charge < -0.3 is 18.6 Å². The molecule has 1 aliphatic heterocycles. The molecule has 0 bridgehead atoms. The van der Waals surface area contributed by atoms with Crippen LogP contribution in [0.2, 0.25) is 0 Å².